The van der Waals surface area contributed by atoms with Crippen LogP contribution in [0.4, 0.5) is 5.69 Å². The molecule has 0 aliphatic rings. The predicted octanol–water partition coefficient (Wildman–Crippen LogP) is 5.36. The highest BCUT2D eigenvalue weighted by atomic mass is 79.9. The lowest BCUT2D eigenvalue weighted by molar-refractivity contribution is 0.413. The van der Waals surface area contributed by atoms with Gasteiger partial charge in [-0.1, -0.05) is 11.6 Å². The van der Waals surface area contributed by atoms with Crippen molar-refractivity contribution in [1.82, 2.24) is 4.98 Å². The van der Waals surface area contributed by atoms with Gasteiger partial charge in [0, 0.05) is 9.90 Å². The number of thiazole rings is 1. The third kappa shape index (κ3) is 3.27. The molecule has 0 spiro atoms. The van der Waals surface area contributed by atoms with Gasteiger partial charge in [0.05, 0.1) is 34.0 Å². The van der Waals surface area contributed by atoms with E-state index in [1.165, 1.54) is 4.88 Å². The summed E-state index contributed by atoms with van der Waals surface area (Å²) in [4.78, 5) is 5.80. The molecule has 0 aliphatic carbocycles. The van der Waals surface area contributed by atoms with Gasteiger partial charge < -0.3 is 10.1 Å². The van der Waals surface area contributed by atoms with Crippen LogP contribution in [0.5, 0.6) is 5.75 Å². The molecule has 1 N–H and O–H groups in total. The van der Waals surface area contributed by atoms with Gasteiger partial charge in [0.2, 0.25) is 0 Å². The quantitative estimate of drug-likeness (QED) is 0.781. The van der Waals surface area contributed by atoms with Crippen LogP contribution in [-0.2, 0) is 0 Å². The molecule has 0 radical (unpaired) electrons. The van der Waals surface area contributed by atoms with E-state index in [4.69, 9.17) is 16.3 Å². The zero-order valence-corrected chi connectivity index (χ0v) is 14.9. The number of nitrogens with one attached hydrogen (secondary N) is 1. The average Bonchev–Trinajstić information content (AvgIpc) is 2.68. The van der Waals surface area contributed by atoms with E-state index in [2.05, 4.69) is 40.1 Å². The minimum absolute atomic E-state index is 0.0826. The van der Waals surface area contributed by atoms with Crippen LogP contribution in [0.1, 0.15) is 28.5 Å². The van der Waals surface area contributed by atoms with E-state index in [0.717, 1.165) is 26.6 Å². The molecule has 1 heterocycles. The van der Waals surface area contributed by atoms with Gasteiger partial charge in [0.1, 0.15) is 0 Å². The molecule has 2 rings (SSSR count). The average molecular weight is 376 g/mol. The van der Waals surface area contributed by atoms with Gasteiger partial charge >= 0.3 is 0 Å². The van der Waals surface area contributed by atoms with Gasteiger partial charge in [-0.15, -0.1) is 11.3 Å². The van der Waals surface area contributed by atoms with Crippen LogP contribution in [0.15, 0.2) is 16.6 Å². The molecule has 108 valence electrons. The number of methoxy groups -OCH3 is 1. The summed E-state index contributed by atoms with van der Waals surface area (Å²) in [7, 11) is 1.64. The molecule has 0 saturated carbocycles. The number of hydrogen-bond donors (Lipinski definition) is 1. The first-order chi connectivity index (χ1) is 9.42. The summed E-state index contributed by atoms with van der Waals surface area (Å²) in [5.74, 6) is 0.742. The van der Waals surface area contributed by atoms with E-state index in [1.807, 2.05) is 19.1 Å². The zero-order chi connectivity index (χ0) is 14.9. The maximum absolute atomic E-state index is 6.10. The zero-order valence-electron chi connectivity index (χ0n) is 11.8. The van der Waals surface area contributed by atoms with Gasteiger partial charge in [0.15, 0.2) is 5.75 Å². The second-order valence-corrected chi connectivity index (χ2v) is 7.21. The number of ether oxygens (including phenoxy) is 1. The Labute approximate surface area is 136 Å². The van der Waals surface area contributed by atoms with Crippen molar-refractivity contribution in [2.24, 2.45) is 0 Å². The fourth-order valence-electron chi connectivity index (χ4n) is 2.12. The molecule has 0 bridgehead atoms. The highest BCUT2D eigenvalue weighted by Crippen LogP contribution is 2.38. The smallest absolute Gasteiger partial charge is 0.156 e. The first-order valence-electron chi connectivity index (χ1n) is 6.16. The maximum Gasteiger partial charge on any atom is 0.156 e. The molecule has 0 saturated heterocycles. The molecule has 1 aromatic carbocycles. The molecule has 2 aromatic rings. The van der Waals surface area contributed by atoms with Crippen molar-refractivity contribution in [2.75, 3.05) is 12.4 Å². The number of hydrogen-bond acceptors (Lipinski definition) is 4. The van der Waals surface area contributed by atoms with Gasteiger partial charge in [-0.25, -0.2) is 4.98 Å². The number of aryl methyl sites for hydroxylation is 2. The van der Waals surface area contributed by atoms with E-state index in [0.29, 0.717) is 5.02 Å². The van der Waals surface area contributed by atoms with Crippen LogP contribution in [0, 0.1) is 13.8 Å². The normalized spacial score (nSPS) is 12.3. The van der Waals surface area contributed by atoms with Gasteiger partial charge in [0.25, 0.3) is 0 Å². The van der Waals surface area contributed by atoms with Crippen molar-refractivity contribution in [3.05, 3.63) is 37.2 Å². The molecular weight excluding hydrogens is 360 g/mol. The minimum atomic E-state index is 0.0826. The molecule has 20 heavy (non-hydrogen) atoms. The Balaban J connectivity index is 2.32. The molecular formula is C14H16BrClN2OS. The van der Waals surface area contributed by atoms with Crippen molar-refractivity contribution >= 4 is 44.6 Å². The van der Waals surface area contributed by atoms with Crippen molar-refractivity contribution in [3.8, 4) is 5.75 Å². The summed E-state index contributed by atoms with van der Waals surface area (Å²) in [5.41, 5.74) is 1.91. The first kappa shape index (κ1) is 15.6. The van der Waals surface area contributed by atoms with E-state index in [1.54, 1.807) is 18.4 Å². The molecule has 0 aliphatic heterocycles. The largest absolute Gasteiger partial charge is 0.493 e. The predicted molar refractivity (Wildman–Crippen MR) is 89.3 cm³/mol. The van der Waals surface area contributed by atoms with E-state index in [-0.39, 0.29) is 6.04 Å². The lowest BCUT2D eigenvalue weighted by Crippen LogP contribution is -2.09. The third-order valence-electron chi connectivity index (χ3n) is 2.93. The Kier molecular flexibility index (Phi) is 4.94. The fourth-order valence-corrected chi connectivity index (χ4v) is 4.01. The standard InChI is InChI=1S/C14H16BrClN2OS/c1-7(13-8(2)20-9(3)18-13)17-12-6-10(16)5-11(15)14(12)19-4/h5-7,17H,1-4H3. The van der Waals surface area contributed by atoms with E-state index >= 15 is 0 Å². The monoisotopic (exact) mass is 374 g/mol. The maximum atomic E-state index is 6.10. The number of rotatable bonds is 4. The number of anilines is 1. The summed E-state index contributed by atoms with van der Waals surface area (Å²) in [6.45, 7) is 6.18. The Morgan fingerprint density at radius 3 is 2.65 bits per heavy atom. The SMILES string of the molecule is COc1c(Br)cc(Cl)cc1NC(C)c1nc(C)sc1C. The van der Waals surface area contributed by atoms with Crippen LogP contribution in [-0.4, -0.2) is 12.1 Å². The van der Waals surface area contributed by atoms with Crippen LogP contribution in [0.2, 0.25) is 5.02 Å². The Bertz CT molecular complexity index is 630. The molecule has 1 unspecified atom stereocenters. The van der Waals surface area contributed by atoms with Crippen LogP contribution in [0.25, 0.3) is 0 Å². The Morgan fingerprint density at radius 1 is 1.40 bits per heavy atom. The molecule has 1 aromatic heterocycles. The Morgan fingerprint density at radius 2 is 2.10 bits per heavy atom. The van der Waals surface area contributed by atoms with Crippen molar-refractivity contribution < 1.29 is 4.74 Å². The van der Waals surface area contributed by atoms with Crippen LogP contribution in [0.3, 0.4) is 0 Å². The van der Waals surface area contributed by atoms with E-state index in [9.17, 15) is 0 Å². The molecule has 3 nitrogen and oxygen atoms in total. The molecule has 6 heteroatoms. The summed E-state index contributed by atoms with van der Waals surface area (Å²) >= 11 is 11.3. The summed E-state index contributed by atoms with van der Waals surface area (Å²) < 4.78 is 6.24. The summed E-state index contributed by atoms with van der Waals surface area (Å²) in [6, 6.07) is 3.75. The number of nitrogens with zero attached hydrogens (tertiary/aromatic N) is 1. The Hall–Kier alpha value is -0.780. The summed E-state index contributed by atoms with van der Waals surface area (Å²) in [6.07, 6.45) is 0. The highest BCUT2D eigenvalue weighted by molar-refractivity contribution is 9.10. The second-order valence-electron chi connectivity index (χ2n) is 4.51. The van der Waals surface area contributed by atoms with Crippen molar-refractivity contribution in [2.45, 2.75) is 26.8 Å². The first-order valence-corrected chi connectivity index (χ1v) is 8.14. The lowest BCUT2D eigenvalue weighted by atomic mass is 10.2. The van der Waals surface area contributed by atoms with E-state index < -0.39 is 0 Å². The molecule has 0 fully saturated rings. The summed E-state index contributed by atoms with van der Waals surface area (Å²) in [5, 5.41) is 5.14. The van der Waals surface area contributed by atoms with Crippen molar-refractivity contribution in [3.63, 3.8) is 0 Å². The number of benzene rings is 1. The van der Waals surface area contributed by atoms with Crippen LogP contribution < -0.4 is 10.1 Å². The van der Waals surface area contributed by atoms with Crippen LogP contribution >= 0.6 is 38.9 Å². The highest BCUT2D eigenvalue weighted by Gasteiger charge is 2.16. The number of halogens is 2. The van der Waals surface area contributed by atoms with Crippen molar-refractivity contribution in [1.29, 1.82) is 0 Å². The van der Waals surface area contributed by atoms with Gasteiger partial charge in [-0.05, 0) is 48.8 Å². The topological polar surface area (TPSA) is 34.1 Å². The molecule has 0 amide bonds. The number of aromatic nitrogens is 1. The lowest BCUT2D eigenvalue weighted by Gasteiger charge is -2.18. The minimum Gasteiger partial charge on any atom is -0.493 e. The second kappa shape index (κ2) is 6.33. The fraction of sp³-hybridized carbons (Fsp3) is 0.357. The van der Waals surface area contributed by atoms with Gasteiger partial charge in [-0.3, -0.25) is 0 Å². The third-order valence-corrected chi connectivity index (χ3v) is 4.64. The molecule has 1 atom stereocenters. The van der Waals surface area contributed by atoms with Gasteiger partial charge in [-0.2, -0.15) is 0 Å².